The normalized spacial score (nSPS) is 11.6. The molecule has 0 heterocycles. The molecule has 0 aliphatic carbocycles. The van der Waals surface area contributed by atoms with E-state index in [1.807, 2.05) is 19.0 Å². The van der Waals surface area contributed by atoms with Crippen LogP contribution in [0.5, 0.6) is 5.75 Å². The van der Waals surface area contributed by atoms with Crippen LogP contribution in [0.25, 0.3) is 0 Å². The van der Waals surface area contributed by atoms with E-state index in [2.05, 4.69) is 10.0 Å². The maximum absolute atomic E-state index is 11.9. The molecule has 0 aliphatic rings. The first kappa shape index (κ1) is 15.6. The molecule has 0 aromatic heterocycles. The molecule has 108 valence electrons. The van der Waals surface area contributed by atoms with Gasteiger partial charge in [-0.15, -0.1) is 0 Å². The fraction of sp³-hybridized carbons (Fsp3) is 0.500. The Morgan fingerprint density at radius 3 is 2.58 bits per heavy atom. The smallest absolute Gasteiger partial charge is 0.232 e. The molecule has 0 radical (unpaired) electrons. The van der Waals surface area contributed by atoms with Crippen molar-refractivity contribution in [2.24, 2.45) is 0 Å². The summed E-state index contributed by atoms with van der Waals surface area (Å²) in [6, 6.07) is 4.67. The van der Waals surface area contributed by atoms with Crippen LogP contribution < -0.4 is 10.0 Å². The van der Waals surface area contributed by atoms with Gasteiger partial charge < -0.3 is 15.3 Å². The fourth-order valence-electron chi connectivity index (χ4n) is 1.56. The summed E-state index contributed by atoms with van der Waals surface area (Å²) in [6.07, 6.45) is 0.537. The monoisotopic (exact) mass is 287 g/mol. The van der Waals surface area contributed by atoms with E-state index in [0.29, 0.717) is 13.0 Å². The van der Waals surface area contributed by atoms with Crippen LogP contribution in [0.15, 0.2) is 18.2 Å². The van der Waals surface area contributed by atoms with E-state index >= 15 is 0 Å². The van der Waals surface area contributed by atoms with Crippen molar-refractivity contribution in [3.05, 3.63) is 18.2 Å². The van der Waals surface area contributed by atoms with E-state index in [0.717, 1.165) is 5.69 Å². The number of hydrogen-bond acceptors (Lipinski definition) is 5. The molecular weight excluding hydrogens is 266 g/mol. The van der Waals surface area contributed by atoms with Crippen molar-refractivity contribution < 1.29 is 13.5 Å². The summed E-state index contributed by atoms with van der Waals surface area (Å²) >= 11 is 0. The first-order valence-electron chi connectivity index (χ1n) is 6.00. The lowest BCUT2D eigenvalue weighted by atomic mass is 10.2. The number of aromatic hydroxyl groups is 1. The number of anilines is 2. The van der Waals surface area contributed by atoms with Crippen LogP contribution in [0.1, 0.15) is 6.42 Å². The largest absolute Gasteiger partial charge is 0.506 e. The van der Waals surface area contributed by atoms with Gasteiger partial charge in [-0.2, -0.15) is 0 Å². The molecule has 0 amide bonds. The lowest BCUT2D eigenvalue weighted by molar-refractivity contribution is 0.408. The molecular formula is C12H21N3O3S. The molecule has 0 spiro atoms. The first-order valence-corrected chi connectivity index (χ1v) is 7.65. The minimum absolute atomic E-state index is 0.0222. The summed E-state index contributed by atoms with van der Waals surface area (Å²) in [5, 5.41) is 12.5. The van der Waals surface area contributed by atoms with Crippen LogP contribution in [-0.2, 0) is 10.0 Å². The molecule has 1 aromatic rings. The SMILES string of the molecule is CNc1ccc(O)c(NS(=O)(=O)CCCN(C)C)c1. The molecule has 19 heavy (non-hydrogen) atoms. The summed E-state index contributed by atoms with van der Waals surface area (Å²) in [4.78, 5) is 1.93. The highest BCUT2D eigenvalue weighted by Gasteiger charge is 2.13. The molecule has 0 bridgehead atoms. The van der Waals surface area contributed by atoms with Gasteiger partial charge in [-0.3, -0.25) is 4.72 Å². The van der Waals surface area contributed by atoms with Crippen molar-refractivity contribution >= 4 is 21.4 Å². The maximum Gasteiger partial charge on any atom is 0.232 e. The molecule has 6 nitrogen and oxygen atoms in total. The topological polar surface area (TPSA) is 81.7 Å². The van der Waals surface area contributed by atoms with Crippen LogP contribution in [0.2, 0.25) is 0 Å². The molecule has 0 unspecified atom stereocenters. The number of rotatable bonds is 7. The van der Waals surface area contributed by atoms with Gasteiger partial charge in [-0.1, -0.05) is 0 Å². The van der Waals surface area contributed by atoms with Crippen molar-refractivity contribution in [1.29, 1.82) is 0 Å². The van der Waals surface area contributed by atoms with E-state index in [1.165, 1.54) is 6.07 Å². The van der Waals surface area contributed by atoms with Crippen molar-refractivity contribution in [2.45, 2.75) is 6.42 Å². The van der Waals surface area contributed by atoms with Gasteiger partial charge in [0.1, 0.15) is 5.75 Å². The van der Waals surface area contributed by atoms with E-state index in [1.54, 1.807) is 19.2 Å². The Morgan fingerprint density at radius 1 is 1.32 bits per heavy atom. The van der Waals surface area contributed by atoms with Crippen LogP contribution >= 0.6 is 0 Å². The highest BCUT2D eigenvalue weighted by Crippen LogP contribution is 2.27. The van der Waals surface area contributed by atoms with Gasteiger partial charge in [0.05, 0.1) is 11.4 Å². The first-order chi connectivity index (χ1) is 8.84. The van der Waals surface area contributed by atoms with Crippen LogP contribution in [0, 0.1) is 0 Å². The van der Waals surface area contributed by atoms with E-state index in [9.17, 15) is 13.5 Å². The predicted octanol–water partition coefficient (Wildman–Crippen LogP) is 1.13. The highest BCUT2D eigenvalue weighted by atomic mass is 32.2. The predicted molar refractivity (Wildman–Crippen MR) is 78.2 cm³/mol. The van der Waals surface area contributed by atoms with Crippen LogP contribution in [-0.4, -0.2) is 51.9 Å². The second-order valence-electron chi connectivity index (χ2n) is 4.56. The van der Waals surface area contributed by atoms with Crippen LogP contribution in [0.3, 0.4) is 0 Å². The van der Waals surface area contributed by atoms with Gasteiger partial charge in [0.15, 0.2) is 0 Å². The molecule has 0 aliphatic heterocycles. The lowest BCUT2D eigenvalue weighted by Crippen LogP contribution is -2.21. The summed E-state index contributed by atoms with van der Waals surface area (Å²) in [5.74, 6) is -0.0656. The van der Waals surface area contributed by atoms with E-state index < -0.39 is 10.0 Å². The standard InChI is InChI=1S/C12H21N3O3S/c1-13-10-5-6-12(16)11(9-10)14-19(17,18)8-4-7-15(2)3/h5-6,9,13-14,16H,4,7-8H2,1-3H3. The van der Waals surface area contributed by atoms with Crippen molar-refractivity contribution in [2.75, 3.05) is 43.5 Å². The molecule has 0 saturated heterocycles. The van der Waals surface area contributed by atoms with Crippen molar-refractivity contribution in [3.8, 4) is 5.75 Å². The van der Waals surface area contributed by atoms with Gasteiger partial charge in [-0.25, -0.2) is 8.42 Å². The molecule has 0 saturated carbocycles. The Hall–Kier alpha value is -1.47. The van der Waals surface area contributed by atoms with Gasteiger partial charge in [-0.05, 0) is 45.3 Å². The third-order valence-corrected chi connectivity index (χ3v) is 3.93. The minimum atomic E-state index is -3.44. The number of nitrogens with zero attached hydrogens (tertiary/aromatic N) is 1. The number of phenols is 1. The Balaban J connectivity index is 2.72. The van der Waals surface area contributed by atoms with Gasteiger partial charge in [0.2, 0.25) is 10.0 Å². The maximum atomic E-state index is 11.9. The molecule has 0 fully saturated rings. The average Bonchev–Trinajstić information content (AvgIpc) is 2.31. The summed E-state index contributed by atoms with van der Waals surface area (Å²) < 4.78 is 26.1. The summed E-state index contributed by atoms with van der Waals surface area (Å²) in [5.41, 5.74) is 0.917. The Labute approximate surface area is 114 Å². The number of phenolic OH excluding ortho intramolecular Hbond substituents is 1. The Morgan fingerprint density at radius 2 is 2.00 bits per heavy atom. The zero-order valence-electron chi connectivity index (χ0n) is 11.5. The quantitative estimate of drug-likeness (QED) is 0.517. The zero-order chi connectivity index (χ0) is 14.5. The van der Waals surface area contributed by atoms with Crippen LogP contribution in [0.4, 0.5) is 11.4 Å². The van der Waals surface area contributed by atoms with Crippen molar-refractivity contribution in [3.63, 3.8) is 0 Å². The van der Waals surface area contributed by atoms with E-state index in [4.69, 9.17) is 0 Å². The Bertz CT molecular complexity index is 515. The third-order valence-electron chi connectivity index (χ3n) is 2.57. The Kier molecular flexibility index (Phi) is 5.44. The lowest BCUT2D eigenvalue weighted by Gasteiger charge is -2.12. The van der Waals surface area contributed by atoms with Gasteiger partial charge >= 0.3 is 0 Å². The van der Waals surface area contributed by atoms with Gasteiger partial charge in [0.25, 0.3) is 0 Å². The molecule has 1 aromatic carbocycles. The third kappa shape index (κ3) is 5.35. The number of nitrogens with one attached hydrogen (secondary N) is 2. The van der Waals surface area contributed by atoms with E-state index in [-0.39, 0.29) is 17.2 Å². The molecule has 7 heteroatoms. The summed E-state index contributed by atoms with van der Waals surface area (Å²) in [7, 11) is 2.06. The minimum Gasteiger partial charge on any atom is -0.506 e. The molecule has 3 N–H and O–H groups in total. The van der Waals surface area contributed by atoms with Gasteiger partial charge in [0, 0.05) is 12.7 Å². The van der Waals surface area contributed by atoms with Crippen molar-refractivity contribution in [1.82, 2.24) is 4.90 Å². The second-order valence-corrected chi connectivity index (χ2v) is 6.40. The highest BCUT2D eigenvalue weighted by molar-refractivity contribution is 7.92. The molecule has 0 atom stereocenters. The number of sulfonamides is 1. The average molecular weight is 287 g/mol. The molecule has 1 rings (SSSR count). The zero-order valence-corrected chi connectivity index (χ0v) is 12.3. The fourth-order valence-corrected chi connectivity index (χ4v) is 2.67. The second kappa shape index (κ2) is 6.63. The number of benzene rings is 1. The number of hydrogen-bond donors (Lipinski definition) is 3. The summed E-state index contributed by atoms with van der Waals surface area (Å²) in [6.45, 7) is 0.698.